The van der Waals surface area contributed by atoms with Crippen LogP contribution >= 0.6 is 0 Å². The van der Waals surface area contributed by atoms with Crippen LogP contribution in [0.3, 0.4) is 0 Å². The summed E-state index contributed by atoms with van der Waals surface area (Å²) in [6.45, 7) is 0. The molecule has 0 amide bonds. The van der Waals surface area contributed by atoms with Crippen molar-refractivity contribution in [1.82, 2.24) is 4.98 Å². The van der Waals surface area contributed by atoms with Crippen LogP contribution in [0.1, 0.15) is 21.6 Å². The van der Waals surface area contributed by atoms with Crippen molar-refractivity contribution in [2.24, 2.45) is 0 Å². The van der Waals surface area contributed by atoms with Crippen LogP contribution in [0.25, 0.3) is 12.2 Å². The largest absolute Gasteiger partial charge is 0.493 e. The average molecular weight is 376 g/mol. The first kappa shape index (κ1) is 18.8. The molecular formula is C21H16N2O5. The predicted octanol–water partition coefficient (Wildman–Crippen LogP) is 4.39. The van der Waals surface area contributed by atoms with Crippen LogP contribution in [0.15, 0.2) is 66.9 Å². The second-order valence-corrected chi connectivity index (χ2v) is 5.70. The number of aromatic nitrogens is 1. The minimum Gasteiger partial charge on any atom is -0.493 e. The van der Waals surface area contributed by atoms with Crippen molar-refractivity contribution in [3.63, 3.8) is 0 Å². The molecule has 0 fully saturated rings. The molecule has 140 valence electrons. The molecule has 0 saturated heterocycles. The smallest absolute Gasteiger partial charge is 0.343 e. The van der Waals surface area contributed by atoms with Gasteiger partial charge in [-0.25, -0.2) is 4.79 Å². The first-order valence-corrected chi connectivity index (χ1v) is 8.30. The van der Waals surface area contributed by atoms with Gasteiger partial charge in [-0.3, -0.25) is 15.1 Å². The van der Waals surface area contributed by atoms with E-state index in [1.54, 1.807) is 24.4 Å². The van der Waals surface area contributed by atoms with Crippen molar-refractivity contribution < 1.29 is 19.2 Å². The molecule has 0 unspecified atom stereocenters. The van der Waals surface area contributed by atoms with E-state index in [-0.39, 0.29) is 17.0 Å². The summed E-state index contributed by atoms with van der Waals surface area (Å²) in [6, 6.07) is 16.0. The molecule has 28 heavy (non-hydrogen) atoms. The lowest BCUT2D eigenvalue weighted by Gasteiger charge is -2.10. The highest BCUT2D eigenvalue weighted by molar-refractivity contribution is 5.92. The van der Waals surface area contributed by atoms with Gasteiger partial charge in [-0.05, 0) is 42.0 Å². The molecule has 3 aromatic rings. The van der Waals surface area contributed by atoms with Crippen LogP contribution in [0.5, 0.6) is 11.5 Å². The van der Waals surface area contributed by atoms with Crippen LogP contribution in [-0.2, 0) is 0 Å². The molecule has 7 nitrogen and oxygen atoms in total. The van der Waals surface area contributed by atoms with E-state index in [0.717, 1.165) is 11.3 Å². The van der Waals surface area contributed by atoms with E-state index in [9.17, 15) is 14.9 Å². The van der Waals surface area contributed by atoms with Gasteiger partial charge in [0.1, 0.15) is 0 Å². The molecule has 0 spiro atoms. The van der Waals surface area contributed by atoms with Gasteiger partial charge < -0.3 is 9.47 Å². The molecule has 0 aliphatic rings. The first-order valence-electron chi connectivity index (χ1n) is 8.30. The Labute approximate surface area is 161 Å². The van der Waals surface area contributed by atoms with Crippen LogP contribution in [0.4, 0.5) is 5.69 Å². The van der Waals surface area contributed by atoms with E-state index in [0.29, 0.717) is 5.75 Å². The molecule has 1 aromatic heterocycles. The van der Waals surface area contributed by atoms with Crippen molar-refractivity contribution in [2.75, 3.05) is 7.11 Å². The number of nitro groups is 1. The van der Waals surface area contributed by atoms with Crippen molar-refractivity contribution in [3.05, 3.63) is 93.8 Å². The van der Waals surface area contributed by atoms with Crippen LogP contribution in [0.2, 0.25) is 0 Å². The van der Waals surface area contributed by atoms with Gasteiger partial charge in [0.25, 0.3) is 5.69 Å². The molecule has 0 saturated carbocycles. The quantitative estimate of drug-likeness (QED) is 0.274. The Hall–Kier alpha value is -4.00. The molecule has 1 heterocycles. The van der Waals surface area contributed by atoms with Gasteiger partial charge in [-0.2, -0.15) is 0 Å². The Kier molecular flexibility index (Phi) is 5.76. The maximum absolute atomic E-state index is 12.3. The first-order chi connectivity index (χ1) is 13.6. The molecule has 0 aliphatic carbocycles. The van der Waals surface area contributed by atoms with Gasteiger partial charge in [-0.15, -0.1) is 0 Å². The number of pyridine rings is 1. The van der Waals surface area contributed by atoms with Crippen molar-refractivity contribution in [1.29, 1.82) is 0 Å². The molecule has 7 heteroatoms. The molecule has 3 rings (SSSR count). The van der Waals surface area contributed by atoms with E-state index < -0.39 is 10.9 Å². The second kappa shape index (κ2) is 8.59. The van der Waals surface area contributed by atoms with E-state index in [1.165, 1.54) is 31.4 Å². The fourth-order valence-corrected chi connectivity index (χ4v) is 2.43. The summed E-state index contributed by atoms with van der Waals surface area (Å²) in [6.07, 6.45) is 5.41. The van der Waals surface area contributed by atoms with Gasteiger partial charge in [-0.1, -0.05) is 24.3 Å². The van der Waals surface area contributed by atoms with Crippen molar-refractivity contribution >= 4 is 23.8 Å². The van der Waals surface area contributed by atoms with Gasteiger partial charge >= 0.3 is 5.97 Å². The topological polar surface area (TPSA) is 91.6 Å². The SMILES string of the molecule is COc1cc(/C=C/c2ccccn2)ccc1OC(=O)c1cccc([N+](=O)[O-])c1. The van der Waals surface area contributed by atoms with E-state index in [4.69, 9.17) is 9.47 Å². The number of carbonyl (C=O) groups excluding carboxylic acids is 1. The Bertz CT molecular complexity index is 1030. The third-order valence-electron chi connectivity index (χ3n) is 3.82. The molecule has 0 radical (unpaired) electrons. The number of methoxy groups -OCH3 is 1. The normalized spacial score (nSPS) is 10.6. The number of hydrogen-bond donors (Lipinski definition) is 0. The van der Waals surface area contributed by atoms with Crippen molar-refractivity contribution in [3.8, 4) is 11.5 Å². The monoisotopic (exact) mass is 376 g/mol. The minimum absolute atomic E-state index is 0.0791. The van der Waals surface area contributed by atoms with Crippen LogP contribution in [-0.4, -0.2) is 23.0 Å². The van der Waals surface area contributed by atoms with E-state index in [2.05, 4.69) is 4.98 Å². The Morgan fingerprint density at radius 3 is 2.61 bits per heavy atom. The summed E-state index contributed by atoms with van der Waals surface area (Å²) in [5.41, 5.74) is 1.53. The molecule has 0 atom stereocenters. The number of esters is 1. The zero-order chi connectivity index (χ0) is 19.9. The van der Waals surface area contributed by atoms with Gasteiger partial charge in [0.2, 0.25) is 0 Å². The number of nitro benzene ring substituents is 1. The summed E-state index contributed by atoms with van der Waals surface area (Å²) in [5, 5.41) is 10.9. The van der Waals surface area contributed by atoms with Crippen LogP contribution in [0, 0.1) is 10.1 Å². The highest BCUT2D eigenvalue weighted by Crippen LogP contribution is 2.29. The van der Waals surface area contributed by atoms with Gasteiger partial charge in [0.05, 0.1) is 23.3 Å². The molecule has 2 aromatic carbocycles. The number of non-ortho nitro benzene ring substituents is 1. The zero-order valence-corrected chi connectivity index (χ0v) is 14.9. The molecule has 0 bridgehead atoms. The Balaban J connectivity index is 1.79. The number of nitrogens with zero attached hydrogens (tertiary/aromatic N) is 2. The zero-order valence-electron chi connectivity index (χ0n) is 14.9. The minimum atomic E-state index is -0.709. The standard InChI is InChI=1S/C21H16N2O5/c1-27-20-13-15(8-10-17-6-2-3-12-22-17)9-11-19(20)28-21(24)16-5-4-7-18(14-16)23(25)26/h2-14H,1H3/b10-8+. The lowest BCUT2D eigenvalue weighted by Crippen LogP contribution is -2.09. The maximum Gasteiger partial charge on any atom is 0.343 e. The fourth-order valence-electron chi connectivity index (χ4n) is 2.43. The average Bonchev–Trinajstić information content (AvgIpc) is 2.73. The molecular weight excluding hydrogens is 360 g/mol. The molecule has 0 N–H and O–H groups in total. The number of carbonyl (C=O) groups is 1. The number of benzene rings is 2. The van der Waals surface area contributed by atoms with Gasteiger partial charge in [0, 0.05) is 18.3 Å². The number of hydrogen-bond acceptors (Lipinski definition) is 6. The fraction of sp³-hybridized carbons (Fsp3) is 0.0476. The predicted molar refractivity (Wildman–Crippen MR) is 104 cm³/mol. The number of ether oxygens (including phenoxy) is 2. The summed E-state index contributed by atoms with van der Waals surface area (Å²) in [7, 11) is 1.46. The van der Waals surface area contributed by atoms with Gasteiger partial charge in [0.15, 0.2) is 11.5 Å². The highest BCUT2D eigenvalue weighted by atomic mass is 16.6. The molecule has 0 aliphatic heterocycles. The lowest BCUT2D eigenvalue weighted by molar-refractivity contribution is -0.384. The van der Waals surface area contributed by atoms with Crippen LogP contribution < -0.4 is 9.47 Å². The summed E-state index contributed by atoms with van der Waals surface area (Å²) in [5.74, 6) is -0.130. The maximum atomic E-state index is 12.3. The highest BCUT2D eigenvalue weighted by Gasteiger charge is 2.15. The summed E-state index contributed by atoms with van der Waals surface area (Å²) in [4.78, 5) is 26.8. The van der Waals surface area contributed by atoms with Crippen molar-refractivity contribution in [2.45, 2.75) is 0 Å². The van der Waals surface area contributed by atoms with E-state index in [1.807, 2.05) is 30.4 Å². The second-order valence-electron chi connectivity index (χ2n) is 5.70. The third-order valence-corrected chi connectivity index (χ3v) is 3.82. The Morgan fingerprint density at radius 1 is 1.04 bits per heavy atom. The summed E-state index contributed by atoms with van der Waals surface area (Å²) >= 11 is 0. The summed E-state index contributed by atoms with van der Waals surface area (Å²) < 4.78 is 10.7. The Morgan fingerprint density at radius 2 is 1.89 bits per heavy atom. The lowest BCUT2D eigenvalue weighted by atomic mass is 10.1. The number of rotatable bonds is 6. The van der Waals surface area contributed by atoms with E-state index >= 15 is 0 Å². The third kappa shape index (κ3) is 4.59.